The van der Waals surface area contributed by atoms with Crippen LogP contribution in [0.5, 0.6) is 5.75 Å². The van der Waals surface area contributed by atoms with Gasteiger partial charge < -0.3 is 14.8 Å². The van der Waals surface area contributed by atoms with Crippen LogP contribution in [0.4, 0.5) is 22.7 Å². The Bertz CT molecular complexity index is 1190. The van der Waals surface area contributed by atoms with Gasteiger partial charge in [0.1, 0.15) is 22.6 Å². The lowest BCUT2D eigenvalue weighted by molar-refractivity contribution is -0.274. The van der Waals surface area contributed by atoms with Crippen LogP contribution in [-0.2, 0) is 28.9 Å². The molecule has 0 bridgehead atoms. The number of carbonyl (C=O) groups excluding carboxylic acids is 2. The SMILES string of the molecule is COCCCC(=O)c1cn(CC(F)CCc2nnc(NC(=O)Cc3cccc(OC(F)(F)F)c3)s2)nn1. The number of methoxy groups -OCH3 is 1. The van der Waals surface area contributed by atoms with Gasteiger partial charge in [0.05, 0.1) is 19.2 Å². The number of halogens is 4. The molecule has 10 nitrogen and oxygen atoms in total. The summed E-state index contributed by atoms with van der Waals surface area (Å²) in [5, 5.41) is 18.6. The lowest BCUT2D eigenvalue weighted by Gasteiger charge is -2.09. The fraction of sp³-hybridized carbons (Fsp3) is 0.455. The van der Waals surface area contributed by atoms with Crippen LogP contribution in [0.15, 0.2) is 30.5 Å². The molecular weight excluding hydrogens is 520 g/mol. The third kappa shape index (κ3) is 9.84. The molecule has 0 fully saturated rings. The molecule has 2 heterocycles. The van der Waals surface area contributed by atoms with Gasteiger partial charge >= 0.3 is 6.36 Å². The molecule has 0 aliphatic carbocycles. The van der Waals surface area contributed by atoms with Crippen molar-refractivity contribution in [3.05, 3.63) is 46.7 Å². The summed E-state index contributed by atoms with van der Waals surface area (Å²) in [6, 6.07) is 5.09. The zero-order valence-corrected chi connectivity index (χ0v) is 20.5. The molecule has 3 rings (SSSR count). The van der Waals surface area contributed by atoms with Crippen LogP contribution in [-0.4, -0.2) is 63.1 Å². The molecule has 1 unspecified atom stereocenters. The molecule has 0 aliphatic heterocycles. The fourth-order valence-corrected chi connectivity index (χ4v) is 3.97. The zero-order chi connectivity index (χ0) is 26.8. The standard InChI is InChI=1S/C22H24F4N6O4S/c1-35-9-3-6-18(33)17-13-32(31-28-17)12-15(23)7-8-20-29-30-21(37-20)27-19(34)11-14-4-2-5-16(10-14)36-22(24,25)26/h2,4-5,10,13,15H,3,6-9,11-12H2,1H3,(H,27,30,34). The number of hydrogen-bond acceptors (Lipinski definition) is 9. The third-order valence-electron chi connectivity index (χ3n) is 4.84. The number of amides is 1. The largest absolute Gasteiger partial charge is 0.573 e. The van der Waals surface area contributed by atoms with Crippen LogP contribution in [0.25, 0.3) is 0 Å². The summed E-state index contributed by atoms with van der Waals surface area (Å²) in [4.78, 5) is 24.3. The van der Waals surface area contributed by atoms with E-state index in [0.717, 1.165) is 23.5 Å². The Labute approximate surface area is 213 Å². The van der Waals surface area contributed by atoms with Gasteiger partial charge in [-0.15, -0.1) is 28.5 Å². The summed E-state index contributed by atoms with van der Waals surface area (Å²) in [7, 11) is 1.55. The summed E-state index contributed by atoms with van der Waals surface area (Å²) < 4.78 is 61.6. The lowest BCUT2D eigenvalue weighted by Crippen LogP contribution is -2.17. The third-order valence-corrected chi connectivity index (χ3v) is 5.74. The van der Waals surface area contributed by atoms with Crippen LogP contribution in [0.1, 0.15) is 40.3 Å². The minimum Gasteiger partial charge on any atom is -0.406 e. The van der Waals surface area contributed by atoms with Crippen molar-refractivity contribution in [2.24, 2.45) is 0 Å². The number of ether oxygens (including phenoxy) is 2. The number of nitrogens with zero attached hydrogens (tertiary/aromatic N) is 5. The Morgan fingerprint density at radius 2 is 2.03 bits per heavy atom. The molecule has 1 amide bonds. The van der Waals surface area contributed by atoms with Crippen molar-refractivity contribution < 1.29 is 36.6 Å². The maximum absolute atomic E-state index is 14.4. The van der Waals surface area contributed by atoms with Crippen molar-refractivity contribution in [1.82, 2.24) is 25.2 Å². The van der Waals surface area contributed by atoms with Crippen molar-refractivity contribution in [3.8, 4) is 5.75 Å². The molecule has 0 saturated heterocycles. The van der Waals surface area contributed by atoms with Gasteiger partial charge in [-0.05, 0) is 30.5 Å². The Kier molecular flexibility index (Phi) is 10.0. The first-order valence-electron chi connectivity index (χ1n) is 11.1. The average molecular weight is 545 g/mol. The highest BCUT2D eigenvalue weighted by Crippen LogP contribution is 2.24. The van der Waals surface area contributed by atoms with Gasteiger partial charge in [-0.2, -0.15) is 0 Å². The van der Waals surface area contributed by atoms with E-state index >= 15 is 0 Å². The summed E-state index contributed by atoms with van der Waals surface area (Å²) in [6.07, 6.45) is -3.73. The Balaban J connectivity index is 1.43. The van der Waals surface area contributed by atoms with Crippen LogP contribution < -0.4 is 10.1 Å². The highest BCUT2D eigenvalue weighted by atomic mass is 32.1. The molecule has 15 heteroatoms. The van der Waals surface area contributed by atoms with E-state index in [4.69, 9.17) is 4.74 Å². The van der Waals surface area contributed by atoms with E-state index in [1.165, 1.54) is 23.0 Å². The fourth-order valence-electron chi connectivity index (χ4n) is 3.20. The van der Waals surface area contributed by atoms with E-state index in [1.54, 1.807) is 7.11 Å². The monoisotopic (exact) mass is 544 g/mol. The highest BCUT2D eigenvalue weighted by molar-refractivity contribution is 7.15. The first-order chi connectivity index (χ1) is 17.6. The quantitative estimate of drug-likeness (QED) is 0.185. The predicted octanol–water partition coefficient (Wildman–Crippen LogP) is 3.79. The number of aryl methyl sites for hydroxylation is 1. The second-order valence-corrected chi connectivity index (χ2v) is 8.96. The van der Waals surface area contributed by atoms with Crippen LogP contribution in [0.2, 0.25) is 0 Å². The van der Waals surface area contributed by atoms with Gasteiger partial charge in [-0.25, -0.2) is 9.07 Å². The van der Waals surface area contributed by atoms with Gasteiger partial charge in [0.25, 0.3) is 0 Å². The van der Waals surface area contributed by atoms with Crippen molar-refractivity contribution in [1.29, 1.82) is 0 Å². The predicted molar refractivity (Wildman–Crippen MR) is 124 cm³/mol. The molecule has 2 aromatic heterocycles. The molecule has 0 aliphatic rings. The van der Waals surface area contributed by atoms with Gasteiger partial charge in [-0.1, -0.05) is 28.7 Å². The number of rotatable bonds is 14. The maximum Gasteiger partial charge on any atom is 0.573 e. The number of anilines is 1. The number of aromatic nitrogens is 5. The maximum atomic E-state index is 14.4. The molecule has 37 heavy (non-hydrogen) atoms. The number of nitrogens with one attached hydrogen (secondary N) is 1. The van der Waals surface area contributed by atoms with Crippen molar-refractivity contribution >= 4 is 28.2 Å². The summed E-state index contributed by atoms with van der Waals surface area (Å²) in [5.74, 6) is -1.12. The molecule has 0 radical (unpaired) electrons. The van der Waals surface area contributed by atoms with Gasteiger partial charge in [0.2, 0.25) is 11.0 Å². The van der Waals surface area contributed by atoms with Gasteiger partial charge in [0.15, 0.2) is 5.78 Å². The Morgan fingerprint density at radius 1 is 1.22 bits per heavy atom. The number of benzene rings is 1. The average Bonchev–Trinajstić information content (AvgIpc) is 3.46. The molecule has 3 aromatic rings. The number of Topliss-reactive ketones (excluding diaryl/α,β-unsaturated/α-hetero) is 1. The van der Waals surface area contributed by atoms with Crippen molar-refractivity contribution in [2.45, 2.75) is 51.2 Å². The molecule has 1 aromatic carbocycles. The highest BCUT2D eigenvalue weighted by Gasteiger charge is 2.31. The van der Waals surface area contributed by atoms with E-state index in [2.05, 4.69) is 30.6 Å². The number of hydrogen-bond donors (Lipinski definition) is 1. The number of ketones is 1. The van der Waals surface area contributed by atoms with Crippen LogP contribution in [0.3, 0.4) is 0 Å². The normalized spacial score (nSPS) is 12.4. The molecule has 200 valence electrons. The van der Waals surface area contributed by atoms with Crippen LogP contribution >= 0.6 is 11.3 Å². The van der Waals surface area contributed by atoms with Crippen molar-refractivity contribution in [3.63, 3.8) is 0 Å². The topological polar surface area (TPSA) is 121 Å². The van der Waals surface area contributed by atoms with Gasteiger partial charge in [0, 0.05) is 26.6 Å². The van der Waals surface area contributed by atoms with E-state index in [9.17, 15) is 27.2 Å². The summed E-state index contributed by atoms with van der Waals surface area (Å²) in [5.41, 5.74) is 0.490. The first kappa shape index (κ1) is 28.1. The molecule has 0 spiro atoms. The smallest absolute Gasteiger partial charge is 0.406 e. The first-order valence-corrected chi connectivity index (χ1v) is 12.0. The molecular formula is C22H24F4N6O4S. The molecule has 0 saturated carbocycles. The second kappa shape index (κ2) is 13.2. The van der Waals surface area contributed by atoms with Crippen LogP contribution in [0, 0.1) is 0 Å². The summed E-state index contributed by atoms with van der Waals surface area (Å²) in [6.45, 7) is 0.371. The minimum atomic E-state index is -4.83. The number of carbonyl (C=O) groups is 2. The molecule has 1 N–H and O–H groups in total. The van der Waals surface area contributed by atoms with E-state index in [1.807, 2.05) is 0 Å². The van der Waals surface area contributed by atoms with Gasteiger partial charge in [-0.3, -0.25) is 9.59 Å². The van der Waals surface area contributed by atoms with Crippen molar-refractivity contribution in [2.75, 3.05) is 19.0 Å². The molecule has 1 atom stereocenters. The zero-order valence-electron chi connectivity index (χ0n) is 19.7. The van der Waals surface area contributed by atoms with E-state index in [-0.39, 0.29) is 48.8 Å². The summed E-state index contributed by atoms with van der Waals surface area (Å²) >= 11 is 1.06. The van der Waals surface area contributed by atoms with E-state index < -0.39 is 24.2 Å². The number of alkyl halides is 4. The minimum absolute atomic E-state index is 0.0855. The van der Waals surface area contributed by atoms with E-state index in [0.29, 0.717) is 23.6 Å². The lowest BCUT2D eigenvalue weighted by atomic mass is 10.1. The Hall–Kier alpha value is -3.46. The second-order valence-electron chi connectivity index (χ2n) is 7.90. The Morgan fingerprint density at radius 3 is 2.78 bits per heavy atom.